The second-order valence-electron chi connectivity index (χ2n) is 7.07. The van der Waals surface area contributed by atoms with Crippen molar-refractivity contribution in [3.8, 4) is 0 Å². The predicted octanol–water partition coefficient (Wildman–Crippen LogP) is 4.38. The Morgan fingerprint density at radius 3 is 2.14 bits per heavy atom. The lowest BCUT2D eigenvalue weighted by Gasteiger charge is -2.30. The molecular formula is C21H22N2O3S2. The van der Waals surface area contributed by atoms with E-state index in [2.05, 4.69) is 4.40 Å². The van der Waals surface area contributed by atoms with Gasteiger partial charge in [-0.15, -0.1) is 4.40 Å². The molecule has 5 nitrogen and oxygen atoms in total. The van der Waals surface area contributed by atoms with Gasteiger partial charge in [-0.05, 0) is 30.5 Å². The van der Waals surface area contributed by atoms with Crippen molar-refractivity contribution in [3.05, 3.63) is 66.2 Å². The molecule has 28 heavy (non-hydrogen) atoms. The van der Waals surface area contributed by atoms with E-state index in [4.69, 9.17) is 0 Å². The zero-order chi connectivity index (χ0) is 19.6. The van der Waals surface area contributed by atoms with Gasteiger partial charge in [-0.2, -0.15) is 8.42 Å². The number of amides is 1. The fraction of sp³-hybridized carbons (Fsp3) is 0.333. The van der Waals surface area contributed by atoms with Crippen molar-refractivity contribution in [3.63, 3.8) is 0 Å². The average Bonchev–Trinajstić information content (AvgIpc) is 3.05. The van der Waals surface area contributed by atoms with E-state index >= 15 is 0 Å². The fourth-order valence-corrected chi connectivity index (χ4v) is 6.20. The summed E-state index contributed by atoms with van der Waals surface area (Å²) in [7, 11) is -3.87. The minimum absolute atomic E-state index is 0.0205. The van der Waals surface area contributed by atoms with Crippen LogP contribution in [0, 0.1) is 0 Å². The smallest absolute Gasteiger partial charge is 0.284 e. The van der Waals surface area contributed by atoms with Crippen LogP contribution in [0.15, 0.2) is 70.0 Å². The largest absolute Gasteiger partial charge is 0.286 e. The van der Waals surface area contributed by atoms with Crippen LogP contribution >= 0.6 is 11.8 Å². The van der Waals surface area contributed by atoms with E-state index < -0.39 is 15.3 Å². The quantitative estimate of drug-likeness (QED) is 0.745. The molecule has 2 fully saturated rings. The average molecular weight is 415 g/mol. The van der Waals surface area contributed by atoms with Gasteiger partial charge in [-0.1, -0.05) is 79.6 Å². The first kappa shape index (κ1) is 19.2. The standard InChI is InChI=1S/C21H22N2O3S2/c24-20-19(16-10-4-1-5-11-16)27-21(23(20)17-12-6-2-7-13-17)22-28(25,26)18-14-8-3-9-15-18/h1,3-5,8-11,14-15,17,19H,2,6-7,12-13H2. The molecule has 2 aliphatic rings. The third-order valence-corrected chi connectivity index (χ3v) is 7.78. The zero-order valence-corrected chi connectivity index (χ0v) is 17.0. The molecule has 1 amide bonds. The lowest BCUT2D eigenvalue weighted by atomic mass is 9.94. The molecule has 0 N–H and O–H groups in total. The van der Waals surface area contributed by atoms with Crippen LogP contribution in [0.1, 0.15) is 42.9 Å². The molecule has 1 heterocycles. The highest BCUT2D eigenvalue weighted by Gasteiger charge is 2.43. The SMILES string of the molecule is O=C1C(c2ccccc2)SC(=NS(=O)(=O)c2ccccc2)N1C1CCCCC1. The summed E-state index contributed by atoms with van der Waals surface area (Å²) in [5, 5.41) is -0.151. The molecule has 1 saturated heterocycles. The Labute approximate surface area is 169 Å². The van der Waals surface area contributed by atoms with Gasteiger partial charge in [0.2, 0.25) is 5.91 Å². The number of carbonyl (C=O) groups is 1. The molecule has 2 aromatic rings. The summed E-state index contributed by atoms with van der Waals surface area (Å²) in [5.74, 6) is -0.0647. The van der Waals surface area contributed by atoms with Crippen LogP contribution in [0.2, 0.25) is 0 Å². The van der Waals surface area contributed by atoms with Crippen LogP contribution in [0.25, 0.3) is 0 Å². The highest BCUT2D eigenvalue weighted by Crippen LogP contribution is 2.43. The first-order valence-electron chi connectivity index (χ1n) is 9.51. The van der Waals surface area contributed by atoms with Crippen LogP contribution in [0.3, 0.4) is 0 Å². The highest BCUT2D eigenvalue weighted by atomic mass is 32.2. The molecule has 1 aliphatic heterocycles. The normalized spacial score (nSPS) is 22.7. The lowest BCUT2D eigenvalue weighted by molar-refractivity contribution is -0.128. The van der Waals surface area contributed by atoms with Crippen LogP contribution in [-0.4, -0.2) is 30.4 Å². The number of nitrogens with zero attached hydrogens (tertiary/aromatic N) is 2. The second-order valence-corrected chi connectivity index (χ2v) is 9.75. The molecule has 1 unspecified atom stereocenters. The molecular weight excluding hydrogens is 392 g/mol. The topological polar surface area (TPSA) is 66.8 Å². The van der Waals surface area contributed by atoms with Crippen molar-refractivity contribution < 1.29 is 13.2 Å². The van der Waals surface area contributed by atoms with Gasteiger partial charge in [0, 0.05) is 6.04 Å². The number of rotatable bonds is 4. The number of benzene rings is 2. The molecule has 2 aromatic carbocycles. The third-order valence-electron chi connectivity index (χ3n) is 5.17. The molecule has 7 heteroatoms. The number of hydrogen-bond acceptors (Lipinski definition) is 4. The molecule has 1 atom stereocenters. The van der Waals surface area contributed by atoms with Crippen LogP contribution in [0.4, 0.5) is 0 Å². The summed E-state index contributed by atoms with van der Waals surface area (Å²) in [6, 6.07) is 17.7. The Bertz CT molecular complexity index is 969. The maximum Gasteiger partial charge on any atom is 0.284 e. The summed E-state index contributed by atoms with van der Waals surface area (Å²) < 4.78 is 29.8. The van der Waals surface area contributed by atoms with E-state index in [-0.39, 0.29) is 16.8 Å². The van der Waals surface area contributed by atoms with Crippen LogP contribution < -0.4 is 0 Å². The van der Waals surface area contributed by atoms with Gasteiger partial charge < -0.3 is 0 Å². The van der Waals surface area contributed by atoms with E-state index in [1.807, 2.05) is 30.3 Å². The fourth-order valence-electron chi connectivity index (χ4n) is 3.76. The number of sulfonamides is 1. The van der Waals surface area contributed by atoms with Gasteiger partial charge in [0.05, 0.1) is 4.90 Å². The van der Waals surface area contributed by atoms with Crippen LogP contribution in [-0.2, 0) is 14.8 Å². The van der Waals surface area contributed by atoms with Crippen molar-refractivity contribution in [1.29, 1.82) is 0 Å². The first-order chi connectivity index (χ1) is 13.6. The Morgan fingerprint density at radius 2 is 1.50 bits per heavy atom. The summed E-state index contributed by atoms with van der Waals surface area (Å²) >= 11 is 1.24. The molecule has 146 valence electrons. The van der Waals surface area contributed by atoms with Crippen molar-refractivity contribution >= 4 is 32.9 Å². The Morgan fingerprint density at radius 1 is 0.893 bits per heavy atom. The minimum Gasteiger partial charge on any atom is -0.286 e. The van der Waals surface area contributed by atoms with E-state index in [0.29, 0.717) is 5.17 Å². The molecule has 0 bridgehead atoms. The van der Waals surface area contributed by atoms with Gasteiger partial charge in [-0.3, -0.25) is 9.69 Å². The van der Waals surface area contributed by atoms with Crippen LogP contribution in [0.5, 0.6) is 0 Å². The lowest BCUT2D eigenvalue weighted by Crippen LogP contribution is -2.41. The third kappa shape index (κ3) is 3.86. The maximum absolute atomic E-state index is 13.3. The van der Waals surface area contributed by atoms with Gasteiger partial charge in [0.25, 0.3) is 10.0 Å². The predicted molar refractivity (Wildman–Crippen MR) is 112 cm³/mol. The van der Waals surface area contributed by atoms with Gasteiger partial charge in [0.15, 0.2) is 5.17 Å². The van der Waals surface area contributed by atoms with Gasteiger partial charge in [0.1, 0.15) is 5.25 Å². The summed E-state index contributed by atoms with van der Waals surface area (Å²) in [5.41, 5.74) is 0.876. The van der Waals surface area contributed by atoms with Crippen molar-refractivity contribution in [2.45, 2.75) is 48.3 Å². The zero-order valence-electron chi connectivity index (χ0n) is 15.4. The molecule has 0 spiro atoms. The molecule has 0 radical (unpaired) electrons. The molecule has 1 aliphatic carbocycles. The Balaban J connectivity index is 1.73. The van der Waals surface area contributed by atoms with Crippen molar-refractivity contribution in [2.24, 2.45) is 4.40 Å². The van der Waals surface area contributed by atoms with Crippen molar-refractivity contribution in [1.82, 2.24) is 4.90 Å². The summed E-state index contributed by atoms with van der Waals surface area (Å²) in [6.07, 6.45) is 5.03. The second kappa shape index (κ2) is 8.09. The number of thioether (sulfide) groups is 1. The van der Waals surface area contributed by atoms with Gasteiger partial charge in [-0.25, -0.2) is 0 Å². The monoisotopic (exact) mass is 414 g/mol. The molecule has 0 aromatic heterocycles. The van der Waals surface area contributed by atoms with E-state index in [9.17, 15) is 13.2 Å². The van der Waals surface area contributed by atoms with Gasteiger partial charge >= 0.3 is 0 Å². The molecule has 1 saturated carbocycles. The number of amidine groups is 1. The Kier molecular flexibility index (Phi) is 5.55. The highest BCUT2D eigenvalue weighted by molar-refractivity contribution is 8.15. The van der Waals surface area contributed by atoms with E-state index in [1.54, 1.807) is 23.1 Å². The number of carbonyl (C=O) groups excluding carboxylic acids is 1. The molecule has 4 rings (SSSR count). The summed E-state index contributed by atoms with van der Waals surface area (Å²) in [6.45, 7) is 0. The minimum atomic E-state index is -3.87. The van der Waals surface area contributed by atoms with E-state index in [1.165, 1.54) is 23.9 Å². The first-order valence-corrected chi connectivity index (χ1v) is 11.8. The maximum atomic E-state index is 13.3. The Hall–Kier alpha value is -2.12. The summed E-state index contributed by atoms with van der Waals surface area (Å²) in [4.78, 5) is 15.1. The van der Waals surface area contributed by atoms with Crippen molar-refractivity contribution in [2.75, 3.05) is 0 Å². The number of hydrogen-bond donors (Lipinski definition) is 0. The van der Waals surface area contributed by atoms with E-state index in [0.717, 1.165) is 37.7 Å².